The van der Waals surface area contributed by atoms with Gasteiger partial charge in [-0.05, 0) is 34.4 Å². The fraction of sp³-hybridized carbons (Fsp3) is 0.150. The Morgan fingerprint density at radius 2 is 1.86 bits per heavy atom. The van der Waals surface area contributed by atoms with Gasteiger partial charge in [0.05, 0.1) is 13.7 Å². The van der Waals surface area contributed by atoms with Crippen LogP contribution in [0.2, 0.25) is 0 Å². The molecule has 4 rings (SSSR count). The van der Waals surface area contributed by atoms with Gasteiger partial charge in [0.15, 0.2) is 0 Å². The molecule has 0 atom stereocenters. The van der Waals surface area contributed by atoms with E-state index in [0.717, 1.165) is 22.4 Å². The summed E-state index contributed by atoms with van der Waals surface area (Å²) in [5.41, 5.74) is 4.23. The molecule has 0 aliphatic rings. The molecule has 2 heterocycles. The SMILES string of the molecule is [C-]#[N+]c1nn(C)c(-c2nn[nH]n2)c1-c1ccc(-c2ccccc2OCC)cc1. The Kier molecular flexibility index (Phi) is 4.56. The van der Waals surface area contributed by atoms with Crippen molar-refractivity contribution in [3.8, 4) is 39.5 Å². The lowest BCUT2D eigenvalue weighted by atomic mass is 9.99. The molecule has 138 valence electrons. The highest BCUT2D eigenvalue weighted by Gasteiger charge is 2.23. The lowest BCUT2D eigenvalue weighted by Gasteiger charge is -2.11. The van der Waals surface area contributed by atoms with E-state index in [1.807, 2.05) is 55.5 Å². The molecule has 0 amide bonds. The smallest absolute Gasteiger partial charge is 0.304 e. The van der Waals surface area contributed by atoms with Gasteiger partial charge in [-0.3, -0.25) is 0 Å². The molecule has 0 aliphatic carbocycles. The second-order valence-corrected chi connectivity index (χ2v) is 6.02. The molecule has 0 bridgehead atoms. The number of H-pyrrole nitrogens is 1. The van der Waals surface area contributed by atoms with Crippen LogP contribution in [-0.2, 0) is 7.05 Å². The zero-order valence-electron chi connectivity index (χ0n) is 15.4. The zero-order valence-corrected chi connectivity index (χ0v) is 15.4. The number of aromatic nitrogens is 6. The fourth-order valence-electron chi connectivity index (χ4n) is 3.18. The van der Waals surface area contributed by atoms with Gasteiger partial charge < -0.3 is 9.58 Å². The first-order valence-electron chi connectivity index (χ1n) is 8.73. The van der Waals surface area contributed by atoms with Crippen molar-refractivity contribution in [1.29, 1.82) is 0 Å². The van der Waals surface area contributed by atoms with E-state index in [1.54, 1.807) is 11.7 Å². The van der Waals surface area contributed by atoms with Gasteiger partial charge in [0, 0.05) is 11.1 Å². The molecule has 8 heteroatoms. The Morgan fingerprint density at radius 1 is 1.11 bits per heavy atom. The zero-order chi connectivity index (χ0) is 19.5. The van der Waals surface area contributed by atoms with Gasteiger partial charge in [-0.2, -0.15) is 9.90 Å². The van der Waals surface area contributed by atoms with E-state index in [9.17, 15) is 0 Å². The molecule has 0 spiro atoms. The lowest BCUT2D eigenvalue weighted by Crippen LogP contribution is -1.96. The van der Waals surface area contributed by atoms with Crippen molar-refractivity contribution < 1.29 is 4.74 Å². The van der Waals surface area contributed by atoms with Crippen LogP contribution in [0.25, 0.3) is 38.6 Å². The third kappa shape index (κ3) is 2.99. The van der Waals surface area contributed by atoms with Crippen molar-refractivity contribution in [3.05, 3.63) is 59.9 Å². The lowest BCUT2D eigenvalue weighted by molar-refractivity contribution is 0.341. The van der Waals surface area contributed by atoms with Crippen molar-refractivity contribution in [1.82, 2.24) is 30.4 Å². The molecule has 1 N–H and O–H groups in total. The number of hydrogen-bond acceptors (Lipinski definition) is 5. The van der Waals surface area contributed by atoms with Gasteiger partial charge in [-0.1, -0.05) is 49.0 Å². The third-order valence-electron chi connectivity index (χ3n) is 4.36. The molecule has 28 heavy (non-hydrogen) atoms. The Morgan fingerprint density at radius 3 is 2.54 bits per heavy atom. The number of nitrogens with one attached hydrogen (secondary N) is 1. The number of para-hydroxylation sites is 1. The molecule has 2 aromatic carbocycles. The number of aromatic amines is 1. The van der Waals surface area contributed by atoms with Crippen LogP contribution in [0.4, 0.5) is 5.82 Å². The molecule has 4 aromatic rings. The van der Waals surface area contributed by atoms with Gasteiger partial charge >= 0.3 is 5.82 Å². The summed E-state index contributed by atoms with van der Waals surface area (Å²) in [5.74, 6) is 1.53. The van der Waals surface area contributed by atoms with Crippen LogP contribution in [0.1, 0.15) is 6.92 Å². The maximum Gasteiger partial charge on any atom is 0.304 e. The van der Waals surface area contributed by atoms with Gasteiger partial charge in [0.25, 0.3) is 0 Å². The quantitative estimate of drug-likeness (QED) is 0.538. The Balaban J connectivity index is 1.80. The predicted octanol–water partition coefficient (Wildman–Crippen LogP) is 3.88. The topological polar surface area (TPSA) is 85.9 Å². The Labute approximate surface area is 161 Å². The summed E-state index contributed by atoms with van der Waals surface area (Å²) in [6.07, 6.45) is 0. The Bertz CT molecular complexity index is 1140. The number of benzene rings is 2. The van der Waals surface area contributed by atoms with Crippen LogP contribution in [0.5, 0.6) is 5.75 Å². The first-order valence-corrected chi connectivity index (χ1v) is 8.73. The van der Waals surface area contributed by atoms with Gasteiger partial charge in [0.2, 0.25) is 5.82 Å². The van der Waals surface area contributed by atoms with Crippen LogP contribution < -0.4 is 4.74 Å². The molecule has 8 nitrogen and oxygen atoms in total. The number of tetrazole rings is 1. The predicted molar refractivity (Wildman–Crippen MR) is 105 cm³/mol. The minimum atomic E-state index is 0.296. The minimum absolute atomic E-state index is 0.296. The highest BCUT2D eigenvalue weighted by Crippen LogP contribution is 2.39. The van der Waals surface area contributed by atoms with E-state index in [2.05, 4.69) is 30.6 Å². The highest BCUT2D eigenvalue weighted by molar-refractivity contribution is 5.88. The summed E-state index contributed by atoms with van der Waals surface area (Å²) in [5, 5.41) is 18.5. The molecule has 0 saturated heterocycles. The van der Waals surface area contributed by atoms with Crippen molar-refractivity contribution in [2.45, 2.75) is 6.92 Å². The number of aryl methyl sites for hydroxylation is 1. The summed E-state index contributed by atoms with van der Waals surface area (Å²) in [4.78, 5) is 3.57. The van der Waals surface area contributed by atoms with Crippen molar-refractivity contribution in [2.75, 3.05) is 6.61 Å². The molecular weight excluding hydrogens is 354 g/mol. The van der Waals surface area contributed by atoms with Gasteiger partial charge in [-0.15, -0.1) is 10.2 Å². The van der Waals surface area contributed by atoms with Crippen molar-refractivity contribution in [2.24, 2.45) is 7.05 Å². The third-order valence-corrected chi connectivity index (χ3v) is 4.36. The summed E-state index contributed by atoms with van der Waals surface area (Å²) in [7, 11) is 1.76. The number of hydrogen-bond donors (Lipinski definition) is 1. The Hall–Kier alpha value is -3.99. The van der Waals surface area contributed by atoms with Crippen molar-refractivity contribution >= 4 is 5.82 Å². The normalized spacial score (nSPS) is 10.6. The van der Waals surface area contributed by atoms with Crippen LogP contribution >= 0.6 is 0 Å². The van der Waals surface area contributed by atoms with Crippen LogP contribution in [-0.4, -0.2) is 37.0 Å². The van der Waals surface area contributed by atoms with Crippen molar-refractivity contribution in [3.63, 3.8) is 0 Å². The molecule has 0 fully saturated rings. The summed E-state index contributed by atoms with van der Waals surface area (Å²) < 4.78 is 7.34. The van der Waals surface area contributed by atoms with Gasteiger partial charge in [-0.25, -0.2) is 0 Å². The highest BCUT2D eigenvalue weighted by atomic mass is 16.5. The second-order valence-electron chi connectivity index (χ2n) is 6.02. The van der Waals surface area contributed by atoms with E-state index >= 15 is 0 Å². The van der Waals surface area contributed by atoms with E-state index in [0.29, 0.717) is 29.5 Å². The number of ether oxygens (including phenoxy) is 1. The summed E-state index contributed by atoms with van der Waals surface area (Å²) in [6.45, 7) is 10.1. The van der Waals surface area contributed by atoms with Crippen LogP contribution in [0, 0.1) is 6.57 Å². The summed E-state index contributed by atoms with van der Waals surface area (Å²) >= 11 is 0. The molecule has 0 unspecified atom stereocenters. The first-order chi connectivity index (χ1) is 13.7. The largest absolute Gasteiger partial charge is 0.493 e. The van der Waals surface area contributed by atoms with Gasteiger partial charge in [0.1, 0.15) is 11.4 Å². The minimum Gasteiger partial charge on any atom is -0.493 e. The molecular formula is C20H17N7O. The van der Waals surface area contributed by atoms with Crippen LogP contribution in [0.15, 0.2) is 48.5 Å². The second kappa shape index (κ2) is 7.32. The monoisotopic (exact) mass is 371 g/mol. The standard InChI is InChI=1S/C20H17N7O/c1-4-28-16-8-6-5-7-15(16)13-9-11-14(12-10-13)17-18(20-22-25-26-23-20)27(3)24-19(17)21-2/h5-12H,4H2,1,3H3,(H,22,23,25,26). The summed E-state index contributed by atoms with van der Waals surface area (Å²) in [6, 6.07) is 15.9. The number of nitrogens with zero attached hydrogens (tertiary/aromatic N) is 6. The maximum atomic E-state index is 7.49. The van der Waals surface area contributed by atoms with E-state index in [4.69, 9.17) is 11.3 Å². The average Bonchev–Trinajstić information content (AvgIpc) is 3.36. The maximum absolute atomic E-state index is 7.49. The average molecular weight is 371 g/mol. The molecule has 0 radical (unpaired) electrons. The fourth-order valence-corrected chi connectivity index (χ4v) is 3.18. The molecule has 2 aromatic heterocycles. The molecule has 0 saturated carbocycles. The van der Waals surface area contributed by atoms with E-state index in [-0.39, 0.29) is 0 Å². The van der Waals surface area contributed by atoms with Crippen LogP contribution in [0.3, 0.4) is 0 Å². The molecule has 0 aliphatic heterocycles. The van der Waals surface area contributed by atoms with E-state index in [1.165, 1.54) is 0 Å². The first kappa shape index (κ1) is 17.4. The van der Waals surface area contributed by atoms with E-state index < -0.39 is 0 Å². The number of rotatable bonds is 5.